The Balaban J connectivity index is 2.56. The molecule has 2 rings (SSSR count). The van der Waals surface area contributed by atoms with Gasteiger partial charge in [-0.15, -0.1) is 6.42 Å². The molecule has 0 unspecified atom stereocenters. The largest absolute Gasteiger partial charge is 0.371 e. The van der Waals surface area contributed by atoms with Gasteiger partial charge in [0.25, 0.3) is 0 Å². The summed E-state index contributed by atoms with van der Waals surface area (Å²) in [5.41, 5.74) is -1.12. The van der Waals surface area contributed by atoms with Gasteiger partial charge in [-0.2, -0.15) is 0 Å². The third kappa shape index (κ3) is 0.702. The highest BCUT2D eigenvalue weighted by molar-refractivity contribution is 5.22. The number of terminal acetylenes is 1. The maximum Gasteiger partial charge on any atom is 0.185 e. The van der Waals surface area contributed by atoms with E-state index in [1.807, 2.05) is 10.8 Å². The van der Waals surface area contributed by atoms with Crippen LogP contribution in [0.25, 0.3) is 0 Å². The average Bonchev–Trinajstić information content (AvgIpc) is 2.55. The summed E-state index contributed by atoms with van der Waals surface area (Å²) in [5.74, 6) is 2.95. The van der Waals surface area contributed by atoms with Crippen molar-refractivity contribution in [3.05, 3.63) is 18.2 Å². The summed E-state index contributed by atoms with van der Waals surface area (Å²) in [6, 6.07) is 0. The topological polar surface area (TPSA) is 38.0 Å². The molecule has 1 atom stereocenters. The van der Waals surface area contributed by atoms with Crippen LogP contribution in [0.1, 0.15) is 12.2 Å². The minimum Gasteiger partial charge on any atom is -0.371 e. The smallest absolute Gasteiger partial charge is 0.185 e. The van der Waals surface area contributed by atoms with Crippen LogP contribution >= 0.6 is 0 Å². The van der Waals surface area contributed by atoms with Gasteiger partial charge in [0.1, 0.15) is 0 Å². The fourth-order valence-corrected chi connectivity index (χ4v) is 1.38. The van der Waals surface area contributed by atoms with Gasteiger partial charge in [0.2, 0.25) is 0 Å². The van der Waals surface area contributed by atoms with E-state index >= 15 is 0 Å². The highest BCUT2D eigenvalue weighted by Gasteiger charge is 2.36. The van der Waals surface area contributed by atoms with Gasteiger partial charge in [-0.1, -0.05) is 5.92 Å². The lowest BCUT2D eigenvalue weighted by Gasteiger charge is -2.11. The number of hydrogen-bond acceptors (Lipinski definition) is 2. The maximum absolute atomic E-state index is 9.72. The monoisotopic (exact) mass is 148 g/mol. The van der Waals surface area contributed by atoms with E-state index in [0.29, 0.717) is 12.2 Å². The van der Waals surface area contributed by atoms with Gasteiger partial charge in [0.05, 0.1) is 0 Å². The average molecular weight is 148 g/mol. The molecule has 1 aliphatic rings. The normalized spacial score (nSPS) is 28.0. The molecule has 0 spiro atoms. The molecule has 0 radical (unpaired) electrons. The zero-order valence-corrected chi connectivity index (χ0v) is 5.99. The van der Waals surface area contributed by atoms with Crippen molar-refractivity contribution < 1.29 is 5.11 Å². The lowest BCUT2D eigenvalue weighted by molar-refractivity contribution is 0.0982. The third-order valence-corrected chi connectivity index (χ3v) is 2.04. The summed E-state index contributed by atoms with van der Waals surface area (Å²) < 4.78 is 1.87. The molecule has 0 bridgehead atoms. The van der Waals surface area contributed by atoms with E-state index in [4.69, 9.17) is 6.42 Å². The van der Waals surface area contributed by atoms with Gasteiger partial charge in [-0.3, -0.25) is 0 Å². The van der Waals surface area contributed by atoms with Crippen LogP contribution in [0.15, 0.2) is 12.4 Å². The maximum atomic E-state index is 9.72. The Morgan fingerprint density at radius 2 is 2.64 bits per heavy atom. The van der Waals surface area contributed by atoms with Crippen molar-refractivity contribution in [1.29, 1.82) is 0 Å². The van der Waals surface area contributed by atoms with E-state index in [-0.39, 0.29) is 0 Å². The van der Waals surface area contributed by atoms with Gasteiger partial charge in [-0.05, 0) is 0 Å². The Morgan fingerprint density at radius 3 is 3.36 bits per heavy atom. The number of aliphatic hydroxyl groups is 1. The number of hydrogen-bond donors (Lipinski definition) is 1. The Morgan fingerprint density at radius 1 is 1.82 bits per heavy atom. The molecule has 56 valence electrons. The third-order valence-electron chi connectivity index (χ3n) is 2.04. The molecule has 1 N–H and O–H groups in total. The van der Waals surface area contributed by atoms with Crippen LogP contribution in [0.3, 0.4) is 0 Å². The molecule has 3 nitrogen and oxygen atoms in total. The van der Waals surface area contributed by atoms with E-state index in [9.17, 15) is 5.11 Å². The quantitative estimate of drug-likeness (QED) is 0.530. The predicted molar refractivity (Wildman–Crippen MR) is 39.6 cm³/mol. The summed E-state index contributed by atoms with van der Waals surface area (Å²) in [4.78, 5) is 3.99. The minimum atomic E-state index is -1.12. The zero-order chi connectivity index (χ0) is 7.90. The molecule has 2 heterocycles. The summed E-state index contributed by atoms with van der Waals surface area (Å²) in [5, 5.41) is 9.72. The van der Waals surface area contributed by atoms with Crippen LogP contribution in [-0.2, 0) is 12.1 Å². The van der Waals surface area contributed by atoms with Crippen molar-refractivity contribution in [2.75, 3.05) is 0 Å². The Hall–Kier alpha value is -1.27. The van der Waals surface area contributed by atoms with Crippen LogP contribution < -0.4 is 0 Å². The molecule has 0 amide bonds. The number of aryl methyl sites for hydroxylation is 1. The Bertz CT molecular complexity index is 323. The number of imidazole rings is 1. The lowest BCUT2D eigenvalue weighted by Crippen LogP contribution is -2.20. The van der Waals surface area contributed by atoms with Crippen LogP contribution in [0, 0.1) is 12.3 Å². The second-order valence-electron chi connectivity index (χ2n) is 2.70. The van der Waals surface area contributed by atoms with Crippen molar-refractivity contribution >= 4 is 0 Å². The van der Waals surface area contributed by atoms with Crippen molar-refractivity contribution in [3.63, 3.8) is 0 Å². The summed E-state index contributed by atoms with van der Waals surface area (Å²) in [6.07, 6.45) is 9.24. The summed E-state index contributed by atoms with van der Waals surface area (Å²) in [7, 11) is 0. The van der Waals surface area contributed by atoms with Gasteiger partial charge in [0.15, 0.2) is 11.4 Å². The molecule has 0 aromatic carbocycles. The number of fused-ring (bicyclic) bond motifs is 1. The van der Waals surface area contributed by atoms with Gasteiger partial charge < -0.3 is 9.67 Å². The Kier molecular flexibility index (Phi) is 1.09. The first kappa shape index (κ1) is 6.44. The molecule has 0 aliphatic carbocycles. The second kappa shape index (κ2) is 1.86. The first-order chi connectivity index (χ1) is 5.26. The number of aromatic nitrogens is 2. The molecule has 11 heavy (non-hydrogen) atoms. The van der Waals surface area contributed by atoms with Crippen molar-refractivity contribution in [1.82, 2.24) is 9.55 Å². The van der Waals surface area contributed by atoms with Crippen molar-refractivity contribution in [2.24, 2.45) is 0 Å². The van der Waals surface area contributed by atoms with Crippen LogP contribution in [0.5, 0.6) is 0 Å². The standard InChI is InChI=1S/C8H8N2O/c1-2-8(11)3-5-10-6-4-9-7(8)10/h1,4,6,11H,3,5H2/t8-/m0/s1. The molecule has 1 aromatic heterocycles. The predicted octanol–water partition coefficient (Wildman–Crippen LogP) is 0.108. The van der Waals surface area contributed by atoms with Crippen molar-refractivity contribution in [3.8, 4) is 12.3 Å². The Labute approximate surface area is 64.7 Å². The molecular formula is C8H8N2O. The first-order valence-corrected chi connectivity index (χ1v) is 3.48. The summed E-state index contributed by atoms with van der Waals surface area (Å²) in [6.45, 7) is 0.760. The first-order valence-electron chi connectivity index (χ1n) is 3.48. The van der Waals surface area contributed by atoms with Crippen LogP contribution in [0.2, 0.25) is 0 Å². The van der Waals surface area contributed by atoms with E-state index in [0.717, 1.165) is 6.54 Å². The van der Waals surface area contributed by atoms with Gasteiger partial charge in [-0.25, -0.2) is 4.98 Å². The SMILES string of the molecule is C#C[C@]1(O)CCn2ccnc21. The molecule has 1 aromatic rings. The second-order valence-corrected chi connectivity index (χ2v) is 2.70. The van der Waals surface area contributed by atoms with E-state index in [2.05, 4.69) is 10.9 Å². The van der Waals surface area contributed by atoms with Crippen LogP contribution in [0.4, 0.5) is 0 Å². The van der Waals surface area contributed by atoms with E-state index in [1.165, 1.54) is 0 Å². The molecule has 1 aliphatic heterocycles. The molecule has 0 saturated carbocycles. The van der Waals surface area contributed by atoms with E-state index in [1.54, 1.807) is 6.20 Å². The van der Waals surface area contributed by atoms with E-state index < -0.39 is 5.60 Å². The molecule has 3 heteroatoms. The highest BCUT2D eigenvalue weighted by Crippen LogP contribution is 2.29. The lowest BCUT2D eigenvalue weighted by atomic mass is 10.0. The molecule has 0 saturated heterocycles. The molecule has 0 fully saturated rings. The van der Waals surface area contributed by atoms with Gasteiger partial charge >= 0.3 is 0 Å². The summed E-state index contributed by atoms with van der Waals surface area (Å²) >= 11 is 0. The van der Waals surface area contributed by atoms with Crippen molar-refractivity contribution in [2.45, 2.75) is 18.6 Å². The van der Waals surface area contributed by atoms with Gasteiger partial charge in [0, 0.05) is 25.4 Å². The minimum absolute atomic E-state index is 0.576. The number of rotatable bonds is 0. The number of nitrogens with zero attached hydrogens (tertiary/aromatic N) is 2. The zero-order valence-electron chi connectivity index (χ0n) is 5.99. The van der Waals surface area contributed by atoms with Crippen LogP contribution in [-0.4, -0.2) is 14.7 Å². The fraction of sp³-hybridized carbons (Fsp3) is 0.375. The fourth-order valence-electron chi connectivity index (χ4n) is 1.38. The molecular weight excluding hydrogens is 140 g/mol. The highest BCUT2D eigenvalue weighted by atomic mass is 16.3.